The van der Waals surface area contributed by atoms with Gasteiger partial charge in [-0.05, 0) is 81.1 Å². The molecule has 0 radical (unpaired) electrons. The number of likely N-dealkylation sites (tertiary alicyclic amines) is 1. The molecule has 1 aliphatic carbocycles. The molecule has 4 rings (SSSR count). The van der Waals surface area contributed by atoms with Gasteiger partial charge in [0.05, 0.1) is 14.2 Å². The summed E-state index contributed by atoms with van der Waals surface area (Å²) in [5, 5.41) is 7.86. The highest BCUT2D eigenvalue weighted by Gasteiger charge is 2.51. The highest BCUT2D eigenvalue weighted by atomic mass is 32.1. The molecular weight excluding hydrogens is 442 g/mol. The summed E-state index contributed by atoms with van der Waals surface area (Å²) < 4.78 is 11.2. The summed E-state index contributed by atoms with van der Waals surface area (Å²) in [4.78, 5) is 2.69. The molecule has 0 spiro atoms. The van der Waals surface area contributed by atoms with E-state index in [-0.39, 0.29) is 5.41 Å². The zero-order valence-electron chi connectivity index (χ0n) is 21.0. The molecular formula is C28H39N3O2S. The molecule has 0 amide bonds. The van der Waals surface area contributed by atoms with Crippen LogP contribution in [0.5, 0.6) is 11.5 Å². The van der Waals surface area contributed by atoms with Gasteiger partial charge in [0, 0.05) is 30.1 Å². The van der Waals surface area contributed by atoms with Gasteiger partial charge in [-0.25, -0.2) is 0 Å². The van der Waals surface area contributed by atoms with E-state index in [1.807, 2.05) is 0 Å². The summed E-state index contributed by atoms with van der Waals surface area (Å²) in [6, 6.07) is 18.6. The smallest absolute Gasteiger partial charge is 0.166 e. The lowest BCUT2D eigenvalue weighted by atomic mass is 9.65. The molecule has 1 aliphatic heterocycles. The van der Waals surface area contributed by atoms with Gasteiger partial charge in [0.15, 0.2) is 16.6 Å². The molecule has 2 N–H and O–H groups in total. The number of rotatable bonds is 8. The lowest BCUT2D eigenvalue weighted by Gasteiger charge is -2.46. The van der Waals surface area contributed by atoms with Crippen molar-refractivity contribution in [1.29, 1.82) is 0 Å². The maximum atomic E-state index is 5.68. The number of hydrogen-bond donors (Lipinski definition) is 2. The number of nitrogens with zero attached hydrogens (tertiary/aromatic N) is 1. The van der Waals surface area contributed by atoms with Crippen LogP contribution in [0.4, 0.5) is 0 Å². The number of fused-ring (bicyclic) bond motifs is 1. The van der Waals surface area contributed by atoms with Crippen molar-refractivity contribution in [3.8, 4) is 11.5 Å². The van der Waals surface area contributed by atoms with Gasteiger partial charge in [0.25, 0.3) is 0 Å². The Hall–Kier alpha value is -2.31. The van der Waals surface area contributed by atoms with Crippen LogP contribution in [0.1, 0.15) is 57.1 Å². The van der Waals surface area contributed by atoms with Crippen LogP contribution in [0.3, 0.4) is 0 Å². The van der Waals surface area contributed by atoms with E-state index in [2.05, 4.69) is 77.9 Å². The van der Waals surface area contributed by atoms with Crippen LogP contribution in [0.2, 0.25) is 0 Å². The maximum absolute atomic E-state index is 5.68. The number of benzene rings is 2. The van der Waals surface area contributed by atoms with Gasteiger partial charge >= 0.3 is 0 Å². The Morgan fingerprint density at radius 3 is 2.59 bits per heavy atom. The van der Waals surface area contributed by atoms with Crippen molar-refractivity contribution in [3.63, 3.8) is 0 Å². The van der Waals surface area contributed by atoms with E-state index in [9.17, 15) is 0 Å². The molecule has 2 aromatic carbocycles. The molecule has 184 valence electrons. The number of ether oxygens (including phenoxy) is 2. The molecule has 2 fully saturated rings. The molecule has 2 aromatic rings. The monoisotopic (exact) mass is 481 g/mol. The first-order valence-electron chi connectivity index (χ1n) is 12.6. The quantitative estimate of drug-likeness (QED) is 0.516. The summed E-state index contributed by atoms with van der Waals surface area (Å²) in [5.74, 6) is 1.60. The van der Waals surface area contributed by atoms with Crippen molar-refractivity contribution in [2.24, 2.45) is 0 Å². The molecule has 5 nitrogen and oxygen atoms in total. The molecule has 1 heterocycles. The molecule has 0 aromatic heterocycles. The van der Waals surface area contributed by atoms with Crippen LogP contribution in [0.25, 0.3) is 0 Å². The molecule has 34 heavy (non-hydrogen) atoms. The first-order chi connectivity index (χ1) is 16.5. The van der Waals surface area contributed by atoms with E-state index in [1.54, 1.807) is 14.2 Å². The Kier molecular flexibility index (Phi) is 7.99. The molecule has 1 saturated heterocycles. The second-order valence-corrected chi connectivity index (χ2v) is 10.3. The summed E-state index contributed by atoms with van der Waals surface area (Å²) >= 11 is 5.65. The second-order valence-electron chi connectivity index (χ2n) is 9.85. The zero-order valence-corrected chi connectivity index (χ0v) is 21.8. The van der Waals surface area contributed by atoms with Crippen molar-refractivity contribution in [2.45, 2.75) is 76.0 Å². The minimum Gasteiger partial charge on any atom is -0.493 e. The third-order valence-electron chi connectivity index (χ3n) is 7.88. The fraction of sp³-hybridized carbons (Fsp3) is 0.536. The number of thiocarbonyl (C=S) groups is 1. The first-order valence-corrected chi connectivity index (χ1v) is 13.0. The van der Waals surface area contributed by atoms with Gasteiger partial charge in [-0.15, -0.1) is 0 Å². The molecule has 2 aliphatic rings. The minimum atomic E-state index is 0.109. The van der Waals surface area contributed by atoms with Crippen LogP contribution in [0.15, 0.2) is 48.5 Å². The largest absolute Gasteiger partial charge is 0.493 e. The lowest BCUT2D eigenvalue weighted by Crippen LogP contribution is -2.54. The standard InChI is InChI=1S/C28H39N3O2S/c1-5-20(2)29-27(34)30-23-13-14-28(22-11-12-24(32-3)25(17-22)33-4)15-16-31(26(28)18-23)19-21-9-7-6-8-10-21/h6-12,17,20,23,26H,5,13-16,18-19H2,1-4H3,(H2,29,30,34)/t20?,23-,26+,28+/m1/s1. The van der Waals surface area contributed by atoms with Crippen LogP contribution < -0.4 is 20.1 Å². The molecule has 6 heteroatoms. The van der Waals surface area contributed by atoms with Gasteiger partial charge in [0.1, 0.15) is 0 Å². The van der Waals surface area contributed by atoms with E-state index in [4.69, 9.17) is 21.7 Å². The summed E-state index contributed by atoms with van der Waals surface area (Å²) in [5.41, 5.74) is 2.84. The Morgan fingerprint density at radius 1 is 1.12 bits per heavy atom. The van der Waals surface area contributed by atoms with Crippen LogP contribution >= 0.6 is 12.2 Å². The predicted octanol–water partition coefficient (Wildman–Crippen LogP) is 5.03. The predicted molar refractivity (Wildman–Crippen MR) is 143 cm³/mol. The van der Waals surface area contributed by atoms with E-state index in [0.717, 1.165) is 61.8 Å². The van der Waals surface area contributed by atoms with E-state index >= 15 is 0 Å². The topological polar surface area (TPSA) is 45.8 Å². The lowest BCUT2D eigenvalue weighted by molar-refractivity contribution is 0.134. The van der Waals surface area contributed by atoms with Crippen molar-refractivity contribution in [2.75, 3.05) is 20.8 Å². The SMILES string of the molecule is CCC(C)NC(=S)N[C@@H]1CC[C@@]2(c3ccc(OC)c(OC)c3)CCN(Cc3ccccc3)[C@H]2C1. The van der Waals surface area contributed by atoms with Crippen LogP contribution in [0, 0.1) is 0 Å². The van der Waals surface area contributed by atoms with Crippen LogP contribution in [-0.2, 0) is 12.0 Å². The van der Waals surface area contributed by atoms with Gasteiger partial charge in [0.2, 0.25) is 0 Å². The fourth-order valence-electron chi connectivity index (χ4n) is 5.82. The van der Waals surface area contributed by atoms with E-state index in [0.29, 0.717) is 18.1 Å². The Labute approximate surface area is 210 Å². The van der Waals surface area contributed by atoms with Gasteiger partial charge in [-0.3, -0.25) is 4.90 Å². The number of methoxy groups -OCH3 is 2. The number of nitrogens with one attached hydrogen (secondary N) is 2. The second kappa shape index (κ2) is 11.0. The van der Waals surface area contributed by atoms with Crippen molar-refractivity contribution in [1.82, 2.24) is 15.5 Å². The average Bonchev–Trinajstić information content (AvgIpc) is 3.22. The molecule has 4 atom stereocenters. The fourth-order valence-corrected chi connectivity index (χ4v) is 6.19. The van der Waals surface area contributed by atoms with Crippen LogP contribution in [-0.4, -0.2) is 48.9 Å². The summed E-state index contributed by atoms with van der Waals surface area (Å²) in [6.45, 7) is 6.42. The minimum absolute atomic E-state index is 0.109. The van der Waals surface area contributed by atoms with Gasteiger partial charge < -0.3 is 20.1 Å². The Morgan fingerprint density at radius 2 is 1.88 bits per heavy atom. The molecule has 1 unspecified atom stereocenters. The third kappa shape index (κ3) is 5.18. The maximum Gasteiger partial charge on any atom is 0.166 e. The molecule has 0 bridgehead atoms. The highest BCUT2D eigenvalue weighted by Crippen LogP contribution is 2.50. The zero-order chi connectivity index (χ0) is 24.1. The van der Waals surface area contributed by atoms with Crippen molar-refractivity contribution in [3.05, 3.63) is 59.7 Å². The third-order valence-corrected chi connectivity index (χ3v) is 8.12. The van der Waals surface area contributed by atoms with Crippen molar-refractivity contribution < 1.29 is 9.47 Å². The summed E-state index contributed by atoms with van der Waals surface area (Å²) in [6.07, 6.45) is 5.52. The average molecular weight is 482 g/mol. The van der Waals surface area contributed by atoms with E-state index in [1.165, 1.54) is 11.1 Å². The van der Waals surface area contributed by atoms with E-state index < -0.39 is 0 Å². The highest BCUT2D eigenvalue weighted by molar-refractivity contribution is 7.80. The Balaban J connectivity index is 1.60. The summed E-state index contributed by atoms with van der Waals surface area (Å²) in [7, 11) is 3.42. The normalized spacial score (nSPS) is 25.3. The van der Waals surface area contributed by atoms with Gasteiger partial charge in [-0.2, -0.15) is 0 Å². The van der Waals surface area contributed by atoms with Gasteiger partial charge in [-0.1, -0.05) is 43.3 Å². The Bertz CT molecular complexity index is 969. The first kappa shape index (κ1) is 24.8. The number of hydrogen-bond acceptors (Lipinski definition) is 4. The molecule has 1 saturated carbocycles. The van der Waals surface area contributed by atoms with Crippen molar-refractivity contribution >= 4 is 17.3 Å².